The first-order valence-electron chi connectivity index (χ1n) is 23.9. The summed E-state index contributed by atoms with van der Waals surface area (Å²) < 4.78 is 14.2. The number of carbonyl (C=O) groups excluding carboxylic acids is 1. The molecule has 11 aromatic rings. The Hall–Kier alpha value is -10.5. The molecule has 0 unspecified atom stereocenters. The van der Waals surface area contributed by atoms with E-state index >= 15 is 0 Å². The second-order valence-electron chi connectivity index (χ2n) is 16.9. The summed E-state index contributed by atoms with van der Waals surface area (Å²) in [5.41, 5.74) is 17.8. The van der Waals surface area contributed by atoms with Gasteiger partial charge in [0.05, 0.1) is 28.4 Å². The van der Waals surface area contributed by atoms with Crippen molar-refractivity contribution >= 4 is 74.7 Å². The van der Waals surface area contributed by atoms with Gasteiger partial charge in [-0.1, -0.05) is 84.9 Å². The van der Waals surface area contributed by atoms with Gasteiger partial charge in [-0.2, -0.15) is 0 Å². The van der Waals surface area contributed by atoms with E-state index in [0.29, 0.717) is 17.1 Å². The number of hydrogen-bond acceptors (Lipinski definition) is 11. The Morgan fingerprint density at radius 1 is 0.520 bits per heavy atom. The number of hydrogen-bond donors (Lipinski definition) is 3. The normalized spacial score (nSPS) is 11.4. The lowest BCUT2D eigenvalue weighted by atomic mass is 10.1. The highest BCUT2D eigenvalue weighted by molar-refractivity contribution is 5.89. The van der Waals surface area contributed by atoms with Gasteiger partial charge >= 0.3 is 0 Å². The van der Waals surface area contributed by atoms with Crippen molar-refractivity contribution in [1.29, 1.82) is 0 Å². The highest BCUT2D eigenvalue weighted by Crippen LogP contribution is 2.51. The highest BCUT2D eigenvalue weighted by atomic mass is 16.5. The molecule has 0 atom stereocenters. The number of imidazole rings is 1. The van der Waals surface area contributed by atoms with Crippen LogP contribution in [0.1, 0.15) is 17.3 Å². The number of carboxylic acid groups (broad SMARTS) is 1. The predicted octanol–water partition coefficient (Wildman–Crippen LogP) is 15.2. The van der Waals surface area contributed by atoms with Gasteiger partial charge in [-0.3, -0.25) is 14.2 Å². The Labute approximate surface area is 433 Å². The topological polar surface area (TPSA) is 161 Å². The number of aromatic nitrogens is 4. The quantitative estimate of drug-likeness (QED) is 0.130. The monoisotopic (exact) mass is 984 g/mol. The van der Waals surface area contributed by atoms with Crippen molar-refractivity contribution < 1.29 is 24.2 Å². The molecule has 2 aliphatic heterocycles. The Morgan fingerprint density at radius 3 is 1.45 bits per heavy atom. The van der Waals surface area contributed by atoms with Crippen molar-refractivity contribution in [1.82, 2.24) is 19.5 Å². The summed E-state index contributed by atoms with van der Waals surface area (Å²) in [4.78, 5) is 37.9. The molecule has 75 heavy (non-hydrogen) atoms. The fourth-order valence-electron chi connectivity index (χ4n) is 8.54. The Morgan fingerprint density at radius 2 is 0.960 bits per heavy atom. The van der Waals surface area contributed by atoms with Crippen molar-refractivity contribution in [2.24, 2.45) is 0 Å². The second kappa shape index (κ2) is 22.3. The molecule has 4 N–H and O–H groups in total. The van der Waals surface area contributed by atoms with Crippen LogP contribution in [0.2, 0.25) is 0 Å². The molecule has 0 bridgehead atoms. The number of nitrogens with two attached hydrogens (primary N) is 1. The van der Waals surface area contributed by atoms with Crippen LogP contribution in [0.3, 0.4) is 0 Å². The molecular weight excluding hydrogens is 937 g/mol. The molecule has 366 valence electrons. The number of aldehydes is 1. The van der Waals surface area contributed by atoms with Crippen LogP contribution in [-0.4, -0.2) is 36.9 Å². The van der Waals surface area contributed by atoms with Crippen LogP contribution in [0, 0.1) is 0 Å². The first-order valence-corrected chi connectivity index (χ1v) is 23.9. The zero-order valence-corrected chi connectivity index (χ0v) is 40.5. The van der Waals surface area contributed by atoms with Gasteiger partial charge in [0.2, 0.25) is 0 Å². The zero-order chi connectivity index (χ0) is 51.5. The van der Waals surface area contributed by atoms with Crippen LogP contribution >= 0.6 is 0 Å². The number of para-hydroxylation sites is 10. The average molecular weight is 985 g/mol. The number of pyridine rings is 2. The van der Waals surface area contributed by atoms with Crippen LogP contribution < -0.4 is 30.3 Å². The molecule has 0 saturated heterocycles. The number of fused-ring (bicyclic) bond motifs is 5. The molecule has 13 rings (SSSR count). The van der Waals surface area contributed by atoms with E-state index in [1.165, 1.54) is 0 Å². The number of nitrogens with zero attached hydrogens (tertiary/aromatic N) is 6. The standard InChI is InChI=1S/C30H20N4O.C19H13NO2.C11H11N3.C2H4O2/c1-2-9-22(10-3-1)34-29(32-24-11-8-20-31-30(24)34)21-16-18-23(19-17-21)33-25-12-4-6-14-27(25)35-28-15-7-5-13-26(28)33;21-13-14-9-11-15(12-10-14)20-16-5-1-3-7-18(16)22-19-8-4-2-6-17(19)20;12-10-7-4-8-13-11(10)14-9-5-2-1-3-6-9;1-2(3)4/h1-20H;1-13H;1-8H,12H2,(H,13,14);1H3,(H,3,4). The Balaban J connectivity index is 0.000000136. The van der Waals surface area contributed by atoms with Crippen LogP contribution in [0.25, 0.3) is 28.2 Å². The number of nitrogen functional groups attached to an aromatic ring is 1. The minimum atomic E-state index is -0.833. The summed E-state index contributed by atoms with van der Waals surface area (Å²) in [6, 6.07) is 75.8. The minimum absolute atomic E-state index is 0.649. The third-order valence-electron chi connectivity index (χ3n) is 11.8. The number of anilines is 9. The van der Waals surface area contributed by atoms with E-state index in [1.807, 2.05) is 188 Å². The smallest absolute Gasteiger partial charge is 0.300 e. The van der Waals surface area contributed by atoms with Gasteiger partial charge in [0.25, 0.3) is 5.97 Å². The number of carbonyl (C=O) groups is 2. The number of ether oxygens (including phenoxy) is 2. The SMILES string of the molecule is CC(=O)O.Nc1cccnc1Nc1ccccc1.O=Cc1ccc(N2c3ccccc3Oc3ccccc32)cc1.c1ccc(-n2c(-c3ccc(N4c5ccccc5Oc5ccccc54)cc3)nc3cccnc32)cc1. The third kappa shape index (κ3) is 10.7. The highest BCUT2D eigenvalue weighted by Gasteiger charge is 2.27. The fraction of sp³-hybridized carbons (Fsp3) is 0.0161. The zero-order valence-electron chi connectivity index (χ0n) is 40.5. The summed E-state index contributed by atoms with van der Waals surface area (Å²) in [5.74, 6) is 4.04. The van der Waals surface area contributed by atoms with Crippen molar-refractivity contribution in [3.8, 4) is 40.1 Å². The van der Waals surface area contributed by atoms with Crippen molar-refractivity contribution in [3.63, 3.8) is 0 Å². The number of rotatable bonds is 7. The number of carboxylic acids is 1. The molecule has 0 fully saturated rings. The van der Waals surface area contributed by atoms with Crippen LogP contribution in [0.5, 0.6) is 23.0 Å². The van der Waals surface area contributed by atoms with Gasteiger partial charge in [-0.05, 0) is 146 Å². The molecular formula is C62H48N8O5. The molecule has 13 heteroatoms. The van der Waals surface area contributed by atoms with Crippen molar-refractivity contribution in [2.45, 2.75) is 6.92 Å². The second-order valence-corrected chi connectivity index (χ2v) is 16.9. The Bertz CT molecular complexity index is 3650. The minimum Gasteiger partial charge on any atom is -0.481 e. The fourth-order valence-corrected chi connectivity index (χ4v) is 8.54. The van der Waals surface area contributed by atoms with Crippen molar-refractivity contribution in [3.05, 3.63) is 248 Å². The van der Waals surface area contributed by atoms with Crippen molar-refractivity contribution in [2.75, 3.05) is 20.9 Å². The molecule has 0 amide bonds. The summed E-state index contributed by atoms with van der Waals surface area (Å²) in [5, 5.41) is 10.6. The molecule has 0 saturated carbocycles. The predicted molar refractivity (Wildman–Crippen MR) is 297 cm³/mol. The van der Waals surface area contributed by atoms with Gasteiger partial charge in [-0.25, -0.2) is 15.0 Å². The van der Waals surface area contributed by atoms with Crippen LogP contribution in [-0.2, 0) is 4.79 Å². The van der Waals surface area contributed by atoms with E-state index in [-0.39, 0.29) is 0 Å². The van der Waals surface area contributed by atoms with Crippen LogP contribution in [0.4, 0.5) is 51.3 Å². The molecule has 5 heterocycles. The van der Waals surface area contributed by atoms with Gasteiger partial charge in [0.15, 0.2) is 34.5 Å². The summed E-state index contributed by atoms with van der Waals surface area (Å²) in [6.45, 7) is 1.08. The molecule has 8 aromatic carbocycles. The molecule has 0 radical (unpaired) electrons. The lowest BCUT2D eigenvalue weighted by Crippen LogP contribution is -2.15. The average Bonchev–Trinajstić information content (AvgIpc) is 3.85. The van der Waals surface area contributed by atoms with E-state index in [0.717, 1.165) is 104 Å². The molecule has 0 spiro atoms. The first kappa shape index (κ1) is 48.1. The van der Waals surface area contributed by atoms with Gasteiger partial charge in [0, 0.05) is 53.2 Å². The lowest BCUT2D eigenvalue weighted by Gasteiger charge is -2.32. The molecule has 13 nitrogen and oxygen atoms in total. The maximum atomic E-state index is 10.9. The number of benzene rings is 8. The third-order valence-corrected chi connectivity index (χ3v) is 11.8. The van der Waals surface area contributed by atoms with E-state index in [4.69, 9.17) is 30.1 Å². The van der Waals surface area contributed by atoms with E-state index in [2.05, 4.69) is 78.2 Å². The summed E-state index contributed by atoms with van der Waals surface area (Å²) in [6.07, 6.45) is 4.37. The first-order chi connectivity index (χ1) is 36.8. The molecule has 0 aliphatic carbocycles. The van der Waals surface area contributed by atoms with Gasteiger partial charge < -0.3 is 35.4 Å². The van der Waals surface area contributed by atoms with Crippen LogP contribution in [0.15, 0.2) is 243 Å². The molecule has 2 aliphatic rings. The summed E-state index contributed by atoms with van der Waals surface area (Å²) in [7, 11) is 0. The van der Waals surface area contributed by atoms with E-state index in [9.17, 15) is 4.79 Å². The largest absolute Gasteiger partial charge is 0.481 e. The van der Waals surface area contributed by atoms with Gasteiger partial charge in [-0.15, -0.1) is 0 Å². The van der Waals surface area contributed by atoms with E-state index < -0.39 is 5.97 Å². The maximum Gasteiger partial charge on any atom is 0.300 e. The Kier molecular flexibility index (Phi) is 14.3. The maximum absolute atomic E-state index is 10.9. The van der Waals surface area contributed by atoms with E-state index in [1.54, 1.807) is 6.20 Å². The molecule has 3 aromatic heterocycles. The number of aliphatic carboxylic acids is 1. The summed E-state index contributed by atoms with van der Waals surface area (Å²) >= 11 is 0. The van der Waals surface area contributed by atoms with Gasteiger partial charge in [0.1, 0.15) is 17.6 Å². The lowest BCUT2D eigenvalue weighted by molar-refractivity contribution is -0.134. The number of nitrogens with one attached hydrogen (secondary N) is 1.